The van der Waals surface area contributed by atoms with E-state index in [0.29, 0.717) is 19.8 Å². The molecule has 0 bridgehead atoms. The molecule has 1 aromatic carbocycles. The van der Waals surface area contributed by atoms with Crippen molar-refractivity contribution in [3.05, 3.63) is 75.9 Å². The maximum absolute atomic E-state index is 14.1. The summed E-state index contributed by atoms with van der Waals surface area (Å²) in [6.45, 7) is 3.92. The lowest BCUT2D eigenvalue weighted by Crippen LogP contribution is -2.46. The lowest BCUT2D eigenvalue weighted by molar-refractivity contribution is -0.127. The Morgan fingerprint density at radius 1 is 1.08 bits per heavy atom. The van der Waals surface area contributed by atoms with Crippen LogP contribution < -0.4 is 10.1 Å². The summed E-state index contributed by atoms with van der Waals surface area (Å²) in [4.78, 5) is 32.7. The summed E-state index contributed by atoms with van der Waals surface area (Å²) in [6.07, 6.45) is 5.37. The van der Waals surface area contributed by atoms with Gasteiger partial charge >= 0.3 is 0 Å². The van der Waals surface area contributed by atoms with Gasteiger partial charge in [0.25, 0.3) is 5.91 Å². The molecule has 0 spiro atoms. The van der Waals surface area contributed by atoms with Crippen molar-refractivity contribution in [2.75, 3.05) is 33.4 Å². The highest BCUT2D eigenvalue weighted by Gasteiger charge is 2.35. The van der Waals surface area contributed by atoms with Crippen LogP contribution in [0.3, 0.4) is 0 Å². The molecule has 39 heavy (non-hydrogen) atoms. The fraction of sp³-hybridized carbons (Fsp3) is 0.467. The van der Waals surface area contributed by atoms with E-state index in [1.54, 1.807) is 18.1 Å². The van der Waals surface area contributed by atoms with E-state index < -0.39 is 6.04 Å². The van der Waals surface area contributed by atoms with Crippen molar-refractivity contribution >= 4 is 23.2 Å². The number of carbonyl (C=O) groups excluding carboxylic acids is 2. The minimum atomic E-state index is -0.769. The highest BCUT2D eigenvalue weighted by atomic mass is 32.1. The monoisotopic (exact) mass is 551 g/mol. The summed E-state index contributed by atoms with van der Waals surface area (Å²) in [6, 6.07) is 14.4. The van der Waals surface area contributed by atoms with Crippen LogP contribution in [0.15, 0.2) is 58.3 Å². The highest BCUT2D eigenvalue weighted by molar-refractivity contribution is 7.10. The van der Waals surface area contributed by atoms with Crippen molar-refractivity contribution in [3.8, 4) is 5.75 Å². The van der Waals surface area contributed by atoms with Gasteiger partial charge in [-0.3, -0.25) is 14.5 Å². The molecule has 1 atom stereocenters. The Morgan fingerprint density at radius 2 is 1.85 bits per heavy atom. The van der Waals surface area contributed by atoms with Gasteiger partial charge in [0, 0.05) is 30.6 Å². The molecule has 2 aliphatic rings. The Hall–Kier alpha value is -3.14. The number of furan rings is 1. The van der Waals surface area contributed by atoms with Crippen LogP contribution in [0.2, 0.25) is 0 Å². The molecule has 3 heterocycles. The van der Waals surface area contributed by atoms with Crippen LogP contribution in [0.4, 0.5) is 0 Å². The fourth-order valence-corrected chi connectivity index (χ4v) is 6.14. The van der Waals surface area contributed by atoms with E-state index in [9.17, 15) is 9.59 Å². The number of thiophene rings is 1. The van der Waals surface area contributed by atoms with Crippen molar-refractivity contribution in [3.63, 3.8) is 0 Å². The summed E-state index contributed by atoms with van der Waals surface area (Å²) in [7, 11) is 1.62. The number of hydrogen-bond acceptors (Lipinski definition) is 7. The largest absolute Gasteiger partial charge is 0.497 e. The predicted octanol–water partition coefficient (Wildman–Crippen LogP) is 5.01. The smallest absolute Gasteiger partial charge is 0.290 e. The fourth-order valence-electron chi connectivity index (χ4n) is 5.31. The maximum Gasteiger partial charge on any atom is 0.290 e. The molecule has 1 saturated carbocycles. The second-order valence-corrected chi connectivity index (χ2v) is 11.2. The first-order valence-electron chi connectivity index (χ1n) is 13.8. The van der Waals surface area contributed by atoms with E-state index in [0.717, 1.165) is 60.7 Å². The third-order valence-corrected chi connectivity index (χ3v) is 8.38. The van der Waals surface area contributed by atoms with Crippen molar-refractivity contribution in [1.82, 2.24) is 15.1 Å². The second kappa shape index (κ2) is 13.3. The van der Waals surface area contributed by atoms with Gasteiger partial charge in [0.05, 0.1) is 26.9 Å². The molecule has 1 N–H and O–H groups in total. The number of rotatable bonds is 10. The quantitative estimate of drug-likeness (QED) is 0.381. The zero-order valence-electron chi connectivity index (χ0n) is 22.5. The van der Waals surface area contributed by atoms with E-state index in [1.165, 1.54) is 17.8 Å². The number of nitrogens with one attached hydrogen (secondary N) is 1. The average molecular weight is 552 g/mol. The standard InChI is InChI=1S/C30H37N3O5S/c1-36-24-11-9-22(10-12-24)20-33(30(35)26-14-13-25(38-26)21-32-15-17-37-18-16-32)28(27-8-5-19-39-27)29(34)31-23-6-3-2-4-7-23/h5,8-14,19,23,28H,2-4,6-7,15-18,20-21H2,1H3,(H,31,34)/t28-/m0/s1. The molecule has 8 nitrogen and oxygen atoms in total. The lowest BCUT2D eigenvalue weighted by atomic mass is 9.95. The van der Waals surface area contributed by atoms with E-state index in [2.05, 4.69) is 10.2 Å². The van der Waals surface area contributed by atoms with E-state index in [4.69, 9.17) is 13.9 Å². The van der Waals surface area contributed by atoms with Crippen LogP contribution >= 0.6 is 11.3 Å². The summed E-state index contributed by atoms with van der Waals surface area (Å²) in [5.41, 5.74) is 0.899. The molecule has 208 valence electrons. The van der Waals surface area contributed by atoms with Crippen molar-refractivity contribution in [2.24, 2.45) is 0 Å². The molecule has 5 rings (SSSR count). The molecule has 2 aromatic heterocycles. The molecule has 3 aromatic rings. The zero-order valence-corrected chi connectivity index (χ0v) is 23.3. The molecular formula is C30H37N3O5S. The van der Waals surface area contributed by atoms with E-state index in [-0.39, 0.29) is 30.2 Å². The van der Waals surface area contributed by atoms with Crippen molar-refractivity contribution in [1.29, 1.82) is 0 Å². The summed E-state index contributed by atoms with van der Waals surface area (Å²) < 4.78 is 16.8. The van der Waals surface area contributed by atoms with Gasteiger partial charge in [0.2, 0.25) is 5.91 Å². The number of ether oxygens (including phenoxy) is 2. The van der Waals surface area contributed by atoms with Crippen molar-refractivity contribution in [2.45, 2.75) is 57.3 Å². The Bertz CT molecular complexity index is 1200. The number of morpholine rings is 1. The topological polar surface area (TPSA) is 84.2 Å². The predicted molar refractivity (Wildman–Crippen MR) is 150 cm³/mol. The summed E-state index contributed by atoms with van der Waals surface area (Å²) in [5, 5.41) is 5.21. The third-order valence-electron chi connectivity index (χ3n) is 7.45. The zero-order chi connectivity index (χ0) is 27.0. The minimum Gasteiger partial charge on any atom is -0.497 e. The maximum atomic E-state index is 14.1. The number of hydrogen-bond donors (Lipinski definition) is 1. The van der Waals surface area contributed by atoms with Gasteiger partial charge in [-0.2, -0.15) is 0 Å². The van der Waals surface area contributed by atoms with Gasteiger partial charge in [0.1, 0.15) is 17.6 Å². The Kier molecular flexibility index (Phi) is 9.34. The van der Waals surface area contributed by atoms with Crippen molar-refractivity contribution < 1.29 is 23.5 Å². The molecule has 9 heteroatoms. The normalized spacial score (nSPS) is 17.5. The van der Waals surface area contributed by atoms with Gasteiger partial charge < -0.3 is 24.1 Å². The first-order valence-corrected chi connectivity index (χ1v) is 14.6. The van der Waals surface area contributed by atoms with Crippen LogP contribution in [0.1, 0.15) is 64.9 Å². The Labute approximate surface area is 233 Å². The summed E-state index contributed by atoms with van der Waals surface area (Å²) >= 11 is 1.48. The first kappa shape index (κ1) is 27.4. The number of amides is 2. The molecule has 0 radical (unpaired) electrons. The summed E-state index contributed by atoms with van der Waals surface area (Å²) in [5.74, 6) is 1.24. The van der Waals surface area contributed by atoms with Crippen LogP contribution in [0, 0.1) is 0 Å². The SMILES string of the molecule is COc1ccc(CN(C(=O)c2ccc(CN3CCOCC3)o2)[C@H](C(=O)NC2CCCCC2)c2cccs2)cc1. The Morgan fingerprint density at radius 3 is 2.54 bits per heavy atom. The number of nitrogens with zero attached hydrogens (tertiary/aromatic N) is 2. The van der Waals surface area contributed by atoms with Crippen LogP contribution in [0.5, 0.6) is 5.75 Å². The van der Waals surface area contributed by atoms with E-state index in [1.807, 2.05) is 47.8 Å². The highest BCUT2D eigenvalue weighted by Crippen LogP contribution is 2.31. The van der Waals surface area contributed by atoms with Crippen LogP contribution in [-0.4, -0.2) is 61.1 Å². The first-order chi connectivity index (χ1) is 19.1. The number of benzene rings is 1. The van der Waals surface area contributed by atoms with Gasteiger partial charge in [-0.05, 0) is 54.1 Å². The molecule has 1 saturated heterocycles. The van der Waals surface area contributed by atoms with Gasteiger partial charge in [-0.25, -0.2) is 0 Å². The second-order valence-electron chi connectivity index (χ2n) is 10.2. The van der Waals surface area contributed by atoms with Crippen LogP contribution in [-0.2, 0) is 22.6 Å². The number of methoxy groups -OCH3 is 1. The average Bonchev–Trinajstić information content (AvgIpc) is 3.67. The Balaban J connectivity index is 1.43. The molecule has 2 amide bonds. The van der Waals surface area contributed by atoms with Gasteiger partial charge in [-0.1, -0.05) is 37.5 Å². The molecule has 0 unspecified atom stereocenters. The van der Waals surface area contributed by atoms with Crippen LogP contribution in [0.25, 0.3) is 0 Å². The number of carbonyl (C=O) groups is 2. The van der Waals surface area contributed by atoms with E-state index >= 15 is 0 Å². The minimum absolute atomic E-state index is 0.135. The molecule has 1 aliphatic heterocycles. The van der Waals surface area contributed by atoms with Gasteiger partial charge in [-0.15, -0.1) is 11.3 Å². The molecule has 2 fully saturated rings. The third kappa shape index (κ3) is 7.09. The lowest BCUT2D eigenvalue weighted by Gasteiger charge is -2.32. The molecular weight excluding hydrogens is 514 g/mol. The molecule has 1 aliphatic carbocycles. The van der Waals surface area contributed by atoms with Gasteiger partial charge in [0.15, 0.2) is 5.76 Å².